The zero-order chi connectivity index (χ0) is 16.0. The maximum atomic E-state index is 12.0. The second-order valence-electron chi connectivity index (χ2n) is 5.21. The van der Waals surface area contributed by atoms with E-state index in [2.05, 4.69) is 9.97 Å². The summed E-state index contributed by atoms with van der Waals surface area (Å²) in [6, 6.07) is 12.4. The fraction of sp³-hybridized carbons (Fsp3) is 0.118. The lowest BCUT2D eigenvalue weighted by Crippen LogP contribution is -2.16. The molecule has 23 heavy (non-hydrogen) atoms. The minimum atomic E-state index is -0.648. The molecule has 0 saturated carbocycles. The maximum absolute atomic E-state index is 12.0. The van der Waals surface area contributed by atoms with Crippen LogP contribution in [-0.2, 0) is 4.74 Å². The van der Waals surface area contributed by atoms with Gasteiger partial charge in [0.2, 0.25) is 0 Å². The predicted molar refractivity (Wildman–Crippen MR) is 82.6 cm³/mol. The molecule has 1 aliphatic rings. The predicted octanol–water partition coefficient (Wildman–Crippen LogP) is 2.19. The van der Waals surface area contributed by atoms with Crippen molar-refractivity contribution in [3.05, 3.63) is 69.8 Å². The van der Waals surface area contributed by atoms with Crippen molar-refractivity contribution in [3.8, 4) is 5.75 Å². The van der Waals surface area contributed by atoms with Gasteiger partial charge in [-0.3, -0.25) is 0 Å². The second kappa shape index (κ2) is 4.95. The Morgan fingerprint density at radius 1 is 1.17 bits per heavy atom. The first-order valence-corrected chi connectivity index (χ1v) is 7.05. The number of rotatable bonds is 2. The Bertz CT molecular complexity index is 993. The van der Waals surface area contributed by atoms with Gasteiger partial charge in [0.05, 0.1) is 23.9 Å². The molecule has 2 aromatic carbocycles. The van der Waals surface area contributed by atoms with Crippen LogP contribution in [0.25, 0.3) is 10.9 Å². The Morgan fingerprint density at radius 2 is 2.00 bits per heavy atom. The van der Waals surface area contributed by atoms with Crippen LogP contribution in [0.2, 0.25) is 0 Å². The van der Waals surface area contributed by atoms with E-state index in [0.29, 0.717) is 27.9 Å². The van der Waals surface area contributed by atoms with E-state index >= 15 is 0 Å². The average Bonchev–Trinajstić information content (AvgIpc) is 2.90. The Kier molecular flexibility index (Phi) is 2.90. The van der Waals surface area contributed by atoms with Crippen molar-refractivity contribution in [2.75, 3.05) is 7.11 Å². The summed E-state index contributed by atoms with van der Waals surface area (Å²) in [6.07, 6.45) is -0.648. The van der Waals surface area contributed by atoms with Crippen LogP contribution in [0, 0.1) is 0 Å². The van der Waals surface area contributed by atoms with Gasteiger partial charge < -0.3 is 14.5 Å². The molecule has 0 fully saturated rings. The summed E-state index contributed by atoms with van der Waals surface area (Å²) >= 11 is 0. The molecular formula is C17H12N2O4. The molecule has 3 aromatic rings. The van der Waals surface area contributed by atoms with Gasteiger partial charge in [0, 0.05) is 17.0 Å². The number of H-pyrrole nitrogens is 1. The van der Waals surface area contributed by atoms with Crippen molar-refractivity contribution < 1.29 is 14.3 Å². The van der Waals surface area contributed by atoms with Crippen molar-refractivity contribution >= 4 is 16.9 Å². The van der Waals surface area contributed by atoms with E-state index in [9.17, 15) is 9.59 Å². The monoisotopic (exact) mass is 308 g/mol. The van der Waals surface area contributed by atoms with E-state index < -0.39 is 17.8 Å². The minimum Gasteiger partial charge on any atom is -0.497 e. The second-order valence-corrected chi connectivity index (χ2v) is 5.21. The van der Waals surface area contributed by atoms with E-state index in [1.54, 1.807) is 37.4 Å². The normalized spacial score (nSPS) is 16.2. The fourth-order valence-electron chi connectivity index (χ4n) is 2.85. The van der Waals surface area contributed by atoms with Crippen LogP contribution < -0.4 is 10.4 Å². The Balaban J connectivity index is 1.97. The third-order valence-electron chi connectivity index (χ3n) is 3.91. The topological polar surface area (TPSA) is 81.3 Å². The van der Waals surface area contributed by atoms with Crippen LogP contribution in [0.1, 0.15) is 27.7 Å². The summed E-state index contributed by atoms with van der Waals surface area (Å²) in [5.74, 6) is 0.204. The number of esters is 1. The number of benzene rings is 2. The molecular weight excluding hydrogens is 296 g/mol. The molecule has 0 unspecified atom stereocenters. The number of hydrogen-bond acceptors (Lipinski definition) is 5. The number of hydrogen-bond donors (Lipinski definition) is 1. The molecule has 1 N–H and O–H groups in total. The summed E-state index contributed by atoms with van der Waals surface area (Å²) in [7, 11) is 1.55. The van der Waals surface area contributed by atoms with Gasteiger partial charge in [-0.2, -0.15) is 4.98 Å². The minimum absolute atomic E-state index is 0.398. The van der Waals surface area contributed by atoms with Crippen LogP contribution in [-0.4, -0.2) is 23.0 Å². The third kappa shape index (κ3) is 2.07. The number of ether oxygens (including phenoxy) is 2. The van der Waals surface area contributed by atoms with Crippen LogP contribution in [0.15, 0.2) is 47.3 Å². The SMILES string of the molecule is COc1ccc2c([C@H]3OC(=O)c4ccccc43)[nH]c(=O)nc2c1. The number of carbonyl (C=O) groups is 1. The number of aromatic nitrogens is 2. The molecule has 114 valence electrons. The number of fused-ring (bicyclic) bond motifs is 2. The molecule has 1 aliphatic heterocycles. The highest BCUT2D eigenvalue weighted by molar-refractivity contribution is 5.95. The molecule has 0 spiro atoms. The van der Waals surface area contributed by atoms with E-state index in [0.717, 1.165) is 5.56 Å². The molecule has 1 aromatic heterocycles. The summed E-state index contributed by atoms with van der Waals surface area (Å²) in [4.78, 5) is 30.6. The van der Waals surface area contributed by atoms with E-state index in [4.69, 9.17) is 9.47 Å². The van der Waals surface area contributed by atoms with Crippen molar-refractivity contribution in [1.82, 2.24) is 9.97 Å². The summed E-state index contributed by atoms with van der Waals surface area (Å²) in [5, 5.41) is 0.708. The number of aromatic amines is 1. The standard InChI is InChI=1S/C17H12N2O4/c1-22-9-6-7-12-13(8-9)18-17(21)19-14(12)15-10-4-2-3-5-11(10)16(20)23-15/h2-8,15H,1H3,(H,18,19,21)/t15-/m0/s1. The molecule has 1 atom stereocenters. The maximum Gasteiger partial charge on any atom is 0.345 e. The van der Waals surface area contributed by atoms with Gasteiger partial charge in [0.25, 0.3) is 0 Å². The number of methoxy groups -OCH3 is 1. The van der Waals surface area contributed by atoms with Gasteiger partial charge >= 0.3 is 11.7 Å². The van der Waals surface area contributed by atoms with Gasteiger partial charge in [-0.05, 0) is 18.2 Å². The highest BCUT2D eigenvalue weighted by atomic mass is 16.5. The average molecular weight is 308 g/mol. The number of cyclic esters (lactones) is 1. The largest absolute Gasteiger partial charge is 0.497 e. The molecule has 0 bridgehead atoms. The lowest BCUT2D eigenvalue weighted by Gasteiger charge is -2.13. The number of nitrogens with one attached hydrogen (secondary N) is 1. The van der Waals surface area contributed by atoms with Crippen molar-refractivity contribution in [2.24, 2.45) is 0 Å². The zero-order valence-electron chi connectivity index (χ0n) is 12.2. The fourth-order valence-corrected chi connectivity index (χ4v) is 2.85. The first-order chi connectivity index (χ1) is 11.2. The van der Waals surface area contributed by atoms with Gasteiger partial charge in [-0.1, -0.05) is 18.2 Å². The summed E-state index contributed by atoms with van der Waals surface area (Å²) < 4.78 is 10.6. The lowest BCUT2D eigenvalue weighted by molar-refractivity contribution is 0.0451. The highest BCUT2D eigenvalue weighted by Gasteiger charge is 2.33. The van der Waals surface area contributed by atoms with Crippen molar-refractivity contribution in [3.63, 3.8) is 0 Å². The first-order valence-electron chi connectivity index (χ1n) is 7.05. The summed E-state index contributed by atoms with van der Waals surface area (Å²) in [6.45, 7) is 0. The Hall–Kier alpha value is -3.15. The molecule has 6 nitrogen and oxygen atoms in total. The van der Waals surface area contributed by atoms with Crippen molar-refractivity contribution in [2.45, 2.75) is 6.10 Å². The quantitative estimate of drug-likeness (QED) is 0.734. The molecule has 0 radical (unpaired) electrons. The zero-order valence-corrected chi connectivity index (χ0v) is 12.2. The van der Waals surface area contributed by atoms with Gasteiger partial charge in [0.15, 0.2) is 6.10 Å². The molecule has 6 heteroatoms. The first kappa shape index (κ1) is 13.5. The number of carbonyl (C=O) groups excluding carboxylic acids is 1. The van der Waals surface area contributed by atoms with E-state index in [1.807, 2.05) is 12.1 Å². The van der Waals surface area contributed by atoms with Crippen LogP contribution >= 0.6 is 0 Å². The molecule has 2 heterocycles. The molecule has 0 amide bonds. The Labute approximate surface area is 130 Å². The molecule has 0 saturated heterocycles. The summed E-state index contributed by atoms with van der Waals surface area (Å²) in [5.41, 5.74) is 1.75. The van der Waals surface area contributed by atoms with Crippen LogP contribution in [0.4, 0.5) is 0 Å². The lowest BCUT2D eigenvalue weighted by atomic mass is 10.0. The van der Waals surface area contributed by atoms with Crippen molar-refractivity contribution in [1.29, 1.82) is 0 Å². The smallest absolute Gasteiger partial charge is 0.345 e. The highest BCUT2D eigenvalue weighted by Crippen LogP contribution is 2.37. The van der Waals surface area contributed by atoms with E-state index in [-0.39, 0.29) is 0 Å². The molecule has 0 aliphatic carbocycles. The van der Waals surface area contributed by atoms with Gasteiger partial charge in [0.1, 0.15) is 5.75 Å². The third-order valence-corrected chi connectivity index (χ3v) is 3.91. The number of nitrogens with zero attached hydrogens (tertiary/aromatic N) is 1. The Morgan fingerprint density at radius 3 is 2.83 bits per heavy atom. The van der Waals surface area contributed by atoms with Gasteiger partial charge in [-0.25, -0.2) is 9.59 Å². The van der Waals surface area contributed by atoms with E-state index in [1.165, 1.54) is 0 Å². The van der Waals surface area contributed by atoms with Crippen LogP contribution in [0.5, 0.6) is 5.75 Å². The van der Waals surface area contributed by atoms with Gasteiger partial charge in [-0.15, -0.1) is 0 Å². The van der Waals surface area contributed by atoms with Crippen LogP contribution in [0.3, 0.4) is 0 Å². The molecule has 4 rings (SSSR count).